The number of thiophene rings is 1. The van der Waals surface area contributed by atoms with Crippen LogP contribution in [-0.2, 0) is 28.8 Å². The lowest BCUT2D eigenvalue weighted by Gasteiger charge is -2.11. The third-order valence-corrected chi connectivity index (χ3v) is 6.96. The molecule has 0 bridgehead atoms. The Morgan fingerprint density at radius 3 is 2.50 bits per heavy atom. The molecule has 168 valence electrons. The fourth-order valence-electron chi connectivity index (χ4n) is 4.23. The average Bonchev–Trinajstić information content (AvgIpc) is 3.24. The van der Waals surface area contributed by atoms with Crippen LogP contribution in [0.2, 0.25) is 0 Å². The van der Waals surface area contributed by atoms with Gasteiger partial charge in [-0.25, -0.2) is 19.4 Å². The lowest BCUT2D eigenvalue weighted by molar-refractivity contribution is -0.115. The maximum atomic E-state index is 13.0. The van der Waals surface area contributed by atoms with Crippen LogP contribution in [0.15, 0.2) is 6.07 Å². The molecule has 0 saturated heterocycles. The van der Waals surface area contributed by atoms with Gasteiger partial charge in [-0.2, -0.15) is 5.10 Å². The van der Waals surface area contributed by atoms with Crippen LogP contribution in [0.25, 0.3) is 5.95 Å². The number of carbonyl (C=O) groups excluding carboxylic acids is 2. The molecule has 32 heavy (non-hydrogen) atoms. The monoisotopic (exact) mass is 453 g/mol. The van der Waals surface area contributed by atoms with E-state index in [9.17, 15) is 9.59 Å². The minimum absolute atomic E-state index is 0.144. The number of nitrogens with one attached hydrogen (secondary N) is 1. The van der Waals surface area contributed by atoms with E-state index in [4.69, 9.17) is 4.74 Å². The van der Waals surface area contributed by atoms with Crippen molar-refractivity contribution in [1.82, 2.24) is 19.7 Å². The molecule has 0 radical (unpaired) electrons. The normalized spacial score (nSPS) is 13.0. The second-order valence-corrected chi connectivity index (χ2v) is 9.25. The minimum atomic E-state index is -0.396. The fraction of sp³-hybridized carbons (Fsp3) is 0.435. The Hall–Kier alpha value is -3.07. The third kappa shape index (κ3) is 4.17. The van der Waals surface area contributed by atoms with Crippen LogP contribution in [0.3, 0.4) is 0 Å². The van der Waals surface area contributed by atoms with Gasteiger partial charge in [-0.1, -0.05) is 0 Å². The number of aryl methyl sites for hydroxylation is 4. The Morgan fingerprint density at radius 1 is 1.12 bits per heavy atom. The number of methoxy groups -OCH3 is 1. The van der Waals surface area contributed by atoms with Gasteiger partial charge in [-0.3, -0.25) is 4.79 Å². The molecule has 8 nitrogen and oxygen atoms in total. The summed E-state index contributed by atoms with van der Waals surface area (Å²) in [4.78, 5) is 35.6. The van der Waals surface area contributed by atoms with Crippen LogP contribution in [0, 0.1) is 27.7 Å². The van der Waals surface area contributed by atoms with Gasteiger partial charge >= 0.3 is 5.97 Å². The second kappa shape index (κ2) is 8.82. The van der Waals surface area contributed by atoms with Gasteiger partial charge in [0.15, 0.2) is 0 Å². The smallest absolute Gasteiger partial charge is 0.341 e. The summed E-state index contributed by atoms with van der Waals surface area (Å²) < 4.78 is 6.68. The molecule has 0 saturated carbocycles. The number of rotatable bonds is 5. The summed E-state index contributed by atoms with van der Waals surface area (Å²) >= 11 is 1.48. The molecular formula is C23H27N5O3S. The van der Waals surface area contributed by atoms with Crippen LogP contribution >= 0.6 is 11.3 Å². The van der Waals surface area contributed by atoms with E-state index in [1.54, 1.807) is 4.68 Å². The van der Waals surface area contributed by atoms with E-state index in [0.29, 0.717) is 16.5 Å². The summed E-state index contributed by atoms with van der Waals surface area (Å²) in [5.74, 6) is -0.0960. The molecule has 9 heteroatoms. The first-order chi connectivity index (χ1) is 15.3. The Kier molecular flexibility index (Phi) is 6.10. The lowest BCUT2D eigenvalue weighted by Crippen LogP contribution is -2.17. The molecule has 0 spiro atoms. The molecule has 3 aromatic heterocycles. The van der Waals surface area contributed by atoms with Gasteiger partial charge in [0.05, 0.1) is 24.8 Å². The zero-order valence-electron chi connectivity index (χ0n) is 19.0. The van der Waals surface area contributed by atoms with Gasteiger partial charge in [-0.05, 0) is 65.0 Å². The van der Waals surface area contributed by atoms with Crippen LogP contribution in [-0.4, -0.2) is 38.7 Å². The van der Waals surface area contributed by atoms with Gasteiger partial charge in [0.25, 0.3) is 5.95 Å². The van der Waals surface area contributed by atoms with Crippen molar-refractivity contribution in [2.45, 2.75) is 59.8 Å². The largest absolute Gasteiger partial charge is 0.465 e. The Balaban J connectivity index is 1.60. The number of hydrogen-bond donors (Lipinski definition) is 1. The van der Waals surface area contributed by atoms with Gasteiger partial charge in [-0.15, -0.1) is 11.3 Å². The average molecular weight is 454 g/mol. The van der Waals surface area contributed by atoms with Crippen molar-refractivity contribution in [1.29, 1.82) is 0 Å². The maximum Gasteiger partial charge on any atom is 0.341 e. The Morgan fingerprint density at radius 2 is 1.81 bits per heavy atom. The van der Waals surface area contributed by atoms with Crippen molar-refractivity contribution in [3.05, 3.63) is 50.4 Å². The molecule has 4 rings (SSSR count). The first-order valence-corrected chi connectivity index (χ1v) is 11.5. The molecule has 1 amide bonds. The highest BCUT2D eigenvalue weighted by atomic mass is 32.1. The van der Waals surface area contributed by atoms with Gasteiger partial charge in [0.1, 0.15) is 5.00 Å². The van der Waals surface area contributed by atoms with Gasteiger partial charge in [0, 0.05) is 27.5 Å². The van der Waals surface area contributed by atoms with Crippen molar-refractivity contribution >= 4 is 28.2 Å². The number of fused-ring (bicyclic) bond motifs is 1. The summed E-state index contributed by atoms with van der Waals surface area (Å²) in [7, 11) is 1.37. The summed E-state index contributed by atoms with van der Waals surface area (Å²) in [6.45, 7) is 7.61. The molecule has 3 aromatic rings. The second-order valence-electron chi connectivity index (χ2n) is 8.14. The number of aromatic nitrogens is 4. The fourth-order valence-corrected chi connectivity index (χ4v) is 5.52. The maximum absolute atomic E-state index is 13.0. The van der Waals surface area contributed by atoms with Crippen molar-refractivity contribution < 1.29 is 14.3 Å². The third-order valence-electron chi connectivity index (χ3n) is 5.75. The molecule has 1 N–H and O–H groups in total. The number of carbonyl (C=O) groups is 2. The molecule has 1 aliphatic rings. The van der Waals surface area contributed by atoms with E-state index < -0.39 is 5.97 Å². The van der Waals surface area contributed by atoms with E-state index in [2.05, 4.69) is 20.4 Å². The number of amides is 1. The van der Waals surface area contributed by atoms with E-state index >= 15 is 0 Å². The predicted octanol–water partition coefficient (Wildman–Crippen LogP) is 3.80. The number of ether oxygens (including phenoxy) is 1. The van der Waals surface area contributed by atoms with Crippen molar-refractivity contribution in [2.24, 2.45) is 0 Å². The van der Waals surface area contributed by atoms with E-state index in [1.165, 1.54) is 23.3 Å². The van der Waals surface area contributed by atoms with Gasteiger partial charge in [0.2, 0.25) is 5.91 Å². The number of nitrogens with zero attached hydrogens (tertiary/aromatic N) is 4. The molecule has 0 aliphatic heterocycles. The quantitative estimate of drug-likeness (QED) is 0.590. The number of esters is 1. The lowest BCUT2D eigenvalue weighted by atomic mass is 9.95. The highest BCUT2D eigenvalue weighted by Crippen LogP contribution is 2.38. The van der Waals surface area contributed by atoms with Crippen LogP contribution in [0.5, 0.6) is 0 Å². The molecule has 0 fully saturated rings. The SMILES string of the molecule is COC(=O)c1c(NC(=O)Cc2c(C)nn(-c3nc(C)cc(C)n3)c2C)sc2c1CCCC2. The van der Waals surface area contributed by atoms with Crippen molar-refractivity contribution in [3.8, 4) is 5.95 Å². The summed E-state index contributed by atoms with van der Waals surface area (Å²) in [6, 6.07) is 1.91. The number of anilines is 1. The van der Waals surface area contributed by atoms with E-state index in [-0.39, 0.29) is 12.3 Å². The van der Waals surface area contributed by atoms with E-state index in [1.807, 2.05) is 33.8 Å². The van der Waals surface area contributed by atoms with Crippen molar-refractivity contribution in [3.63, 3.8) is 0 Å². The van der Waals surface area contributed by atoms with Crippen LogP contribution in [0.1, 0.15) is 62.0 Å². The first kappa shape index (κ1) is 22.1. The molecule has 0 aromatic carbocycles. The van der Waals surface area contributed by atoms with Crippen LogP contribution in [0.4, 0.5) is 5.00 Å². The summed E-state index contributed by atoms with van der Waals surface area (Å²) in [5.41, 5.74) is 5.64. The molecular weight excluding hydrogens is 426 g/mol. The molecule has 0 unspecified atom stereocenters. The zero-order valence-corrected chi connectivity index (χ0v) is 19.9. The Labute approximate surface area is 191 Å². The highest BCUT2D eigenvalue weighted by Gasteiger charge is 2.27. The summed E-state index contributed by atoms with van der Waals surface area (Å²) in [5, 5.41) is 8.12. The predicted molar refractivity (Wildman–Crippen MR) is 123 cm³/mol. The highest BCUT2D eigenvalue weighted by molar-refractivity contribution is 7.17. The van der Waals surface area contributed by atoms with E-state index in [0.717, 1.165) is 59.6 Å². The molecule has 0 atom stereocenters. The molecule has 1 aliphatic carbocycles. The standard InChI is InChI=1S/C23H27N5O3S/c1-12-10-13(2)25-23(24-12)28-15(4)17(14(3)27-28)11-19(29)26-21-20(22(30)31-5)16-8-6-7-9-18(16)32-21/h10H,6-9,11H2,1-5H3,(H,26,29). The molecule has 3 heterocycles. The Bertz CT molecular complexity index is 1190. The topological polar surface area (TPSA) is 99.0 Å². The first-order valence-electron chi connectivity index (χ1n) is 10.7. The number of hydrogen-bond acceptors (Lipinski definition) is 7. The minimum Gasteiger partial charge on any atom is -0.465 e. The van der Waals surface area contributed by atoms with Gasteiger partial charge < -0.3 is 10.1 Å². The van der Waals surface area contributed by atoms with Crippen LogP contribution < -0.4 is 5.32 Å². The van der Waals surface area contributed by atoms with Crippen molar-refractivity contribution in [2.75, 3.05) is 12.4 Å². The zero-order chi connectivity index (χ0) is 23.0. The summed E-state index contributed by atoms with van der Waals surface area (Å²) in [6.07, 6.45) is 4.05.